The average Bonchev–Trinajstić information content (AvgIpc) is 3.14. The van der Waals surface area contributed by atoms with Gasteiger partial charge in [-0.2, -0.15) is 0 Å². The van der Waals surface area contributed by atoms with Gasteiger partial charge in [0.15, 0.2) is 11.6 Å². The van der Waals surface area contributed by atoms with E-state index in [4.69, 9.17) is 9.97 Å². The largest absolute Gasteiger partial charge is 0.342 e. The maximum Gasteiger partial charge on any atom is 0.251 e. The first-order valence-corrected chi connectivity index (χ1v) is 9.64. The van der Waals surface area contributed by atoms with Crippen LogP contribution in [0.15, 0.2) is 30.6 Å². The van der Waals surface area contributed by atoms with Gasteiger partial charge in [-0.05, 0) is 57.2 Å². The van der Waals surface area contributed by atoms with Crippen LogP contribution in [0.5, 0.6) is 0 Å². The van der Waals surface area contributed by atoms with E-state index in [1.54, 1.807) is 17.0 Å². The Bertz CT molecular complexity index is 1030. The van der Waals surface area contributed by atoms with E-state index in [1.807, 2.05) is 32.2 Å². The smallest absolute Gasteiger partial charge is 0.251 e. The third-order valence-electron chi connectivity index (χ3n) is 5.25. The lowest BCUT2D eigenvalue weighted by Gasteiger charge is -2.18. The molecule has 4 rings (SSSR count). The molecule has 0 saturated heterocycles. The van der Waals surface area contributed by atoms with E-state index in [2.05, 4.69) is 22.4 Å². The Labute approximate surface area is 164 Å². The third kappa shape index (κ3) is 3.52. The van der Waals surface area contributed by atoms with Gasteiger partial charge >= 0.3 is 0 Å². The van der Waals surface area contributed by atoms with Gasteiger partial charge in [-0.15, -0.1) is 10.2 Å². The molecule has 1 atom stereocenters. The Morgan fingerprint density at radius 2 is 2.04 bits per heavy atom. The second kappa shape index (κ2) is 7.50. The lowest BCUT2D eigenvalue weighted by Crippen LogP contribution is -2.28. The van der Waals surface area contributed by atoms with Crippen molar-refractivity contribution in [2.45, 2.75) is 45.6 Å². The van der Waals surface area contributed by atoms with E-state index in [1.165, 1.54) is 18.4 Å². The lowest BCUT2D eigenvalue weighted by molar-refractivity contribution is 0.0938. The summed E-state index contributed by atoms with van der Waals surface area (Å²) in [7, 11) is 1.86. The standard InChI is InChI=1S/C21H24N6O/c1-13-17-9-4-5-10-18(17)25-19(23-13)15-7-6-8-16(11-15)21(28)24-14(2)20-26-22-12-27(20)3/h6-8,11-12,14H,4-5,9-10H2,1-3H3,(H,24,28)/t14-/m1/s1. The number of aromatic nitrogens is 5. The van der Waals surface area contributed by atoms with Crippen LogP contribution in [0.4, 0.5) is 0 Å². The number of amides is 1. The first kappa shape index (κ1) is 18.3. The van der Waals surface area contributed by atoms with Gasteiger partial charge in [-0.3, -0.25) is 4.79 Å². The Balaban J connectivity index is 1.59. The lowest BCUT2D eigenvalue weighted by atomic mass is 9.94. The van der Waals surface area contributed by atoms with Gasteiger partial charge in [0.1, 0.15) is 6.33 Å². The van der Waals surface area contributed by atoms with Crippen LogP contribution in [0.1, 0.15) is 58.9 Å². The van der Waals surface area contributed by atoms with Crippen LogP contribution in [0, 0.1) is 6.92 Å². The number of hydrogen-bond donors (Lipinski definition) is 1. The molecule has 2 aromatic heterocycles. The van der Waals surface area contributed by atoms with Gasteiger partial charge in [0.25, 0.3) is 5.91 Å². The van der Waals surface area contributed by atoms with E-state index < -0.39 is 0 Å². The molecule has 1 N–H and O–H groups in total. The van der Waals surface area contributed by atoms with Crippen molar-refractivity contribution in [2.75, 3.05) is 0 Å². The molecule has 0 bridgehead atoms. The van der Waals surface area contributed by atoms with Crippen molar-refractivity contribution < 1.29 is 4.79 Å². The molecule has 0 fully saturated rings. The number of rotatable bonds is 4. The minimum atomic E-state index is -0.245. The third-order valence-corrected chi connectivity index (χ3v) is 5.25. The number of nitrogens with one attached hydrogen (secondary N) is 1. The molecule has 7 heteroatoms. The van der Waals surface area contributed by atoms with E-state index in [-0.39, 0.29) is 11.9 Å². The van der Waals surface area contributed by atoms with Crippen LogP contribution >= 0.6 is 0 Å². The minimum absolute atomic E-state index is 0.160. The second-order valence-electron chi connectivity index (χ2n) is 7.34. The van der Waals surface area contributed by atoms with Crippen LogP contribution in [0.25, 0.3) is 11.4 Å². The fourth-order valence-corrected chi connectivity index (χ4v) is 3.74. The molecule has 1 aromatic carbocycles. The highest BCUT2D eigenvalue weighted by Gasteiger charge is 2.18. The number of nitrogens with zero attached hydrogens (tertiary/aromatic N) is 5. The fourth-order valence-electron chi connectivity index (χ4n) is 3.74. The highest BCUT2D eigenvalue weighted by atomic mass is 16.1. The summed E-state index contributed by atoms with van der Waals surface area (Å²) in [6.45, 7) is 3.94. The van der Waals surface area contributed by atoms with Gasteiger partial charge < -0.3 is 9.88 Å². The normalized spacial score (nSPS) is 14.4. The summed E-state index contributed by atoms with van der Waals surface area (Å²) in [4.78, 5) is 22.2. The molecular formula is C21H24N6O. The number of fused-ring (bicyclic) bond motifs is 1. The summed E-state index contributed by atoms with van der Waals surface area (Å²) in [5, 5.41) is 10.9. The molecular weight excluding hydrogens is 352 g/mol. The molecule has 7 nitrogen and oxygen atoms in total. The van der Waals surface area contributed by atoms with Crippen LogP contribution < -0.4 is 5.32 Å². The molecule has 0 aliphatic heterocycles. The molecule has 0 unspecified atom stereocenters. The molecule has 2 heterocycles. The topological polar surface area (TPSA) is 85.6 Å². The Hall–Kier alpha value is -3.09. The van der Waals surface area contributed by atoms with Crippen molar-refractivity contribution in [3.63, 3.8) is 0 Å². The molecule has 1 amide bonds. The predicted molar refractivity (Wildman–Crippen MR) is 106 cm³/mol. The highest BCUT2D eigenvalue weighted by molar-refractivity contribution is 5.95. The SMILES string of the molecule is Cc1nc(-c2cccc(C(=O)N[C@H](C)c3nncn3C)c2)nc2c1CCCC2. The van der Waals surface area contributed by atoms with Crippen LogP contribution in [0.3, 0.4) is 0 Å². The van der Waals surface area contributed by atoms with Crippen molar-refractivity contribution in [2.24, 2.45) is 7.05 Å². The molecule has 0 radical (unpaired) electrons. The summed E-state index contributed by atoms with van der Waals surface area (Å²) in [6.07, 6.45) is 6.06. The first-order valence-electron chi connectivity index (χ1n) is 9.64. The maximum absolute atomic E-state index is 12.7. The summed E-state index contributed by atoms with van der Waals surface area (Å²) < 4.78 is 1.80. The number of hydrogen-bond acceptors (Lipinski definition) is 5. The van der Waals surface area contributed by atoms with Crippen molar-refractivity contribution in [3.05, 3.63) is 58.9 Å². The van der Waals surface area contributed by atoms with E-state index in [0.29, 0.717) is 17.2 Å². The van der Waals surface area contributed by atoms with Crippen molar-refractivity contribution in [1.29, 1.82) is 0 Å². The first-order chi connectivity index (χ1) is 13.5. The number of carbonyl (C=O) groups excluding carboxylic acids is 1. The summed E-state index contributed by atoms with van der Waals surface area (Å²) in [6, 6.07) is 7.23. The Morgan fingerprint density at radius 3 is 2.82 bits per heavy atom. The van der Waals surface area contributed by atoms with Gasteiger partial charge in [-0.25, -0.2) is 9.97 Å². The van der Waals surface area contributed by atoms with Gasteiger partial charge in [0.05, 0.1) is 6.04 Å². The average molecular weight is 376 g/mol. The zero-order valence-corrected chi connectivity index (χ0v) is 16.4. The summed E-state index contributed by atoms with van der Waals surface area (Å²) in [5.41, 5.74) is 4.92. The molecule has 1 aliphatic rings. The molecule has 3 aromatic rings. The summed E-state index contributed by atoms with van der Waals surface area (Å²) in [5.74, 6) is 1.24. The van der Waals surface area contributed by atoms with Gasteiger partial charge in [0, 0.05) is 29.6 Å². The Morgan fingerprint density at radius 1 is 1.21 bits per heavy atom. The zero-order valence-electron chi connectivity index (χ0n) is 16.4. The fraction of sp³-hybridized carbons (Fsp3) is 0.381. The van der Waals surface area contributed by atoms with Crippen LogP contribution in [-0.4, -0.2) is 30.6 Å². The van der Waals surface area contributed by atoms with E-state index in [0.717, 1.165) is 29.8 Å². The molecule has 28 heavy (non-hydrogen) atoms. The van der Waals surface area contributed by atoms with Crippen LogP contribution in [-0.2, 0) is 19.9 Å². The highest BCUT2D eigenvalue weighted by Crippen LogP contribution is 2.25. The molecule has 1 aliphatic carbocycles. The predicted octanol–water partition coefficient (Wildman–Crippen LogP) is 2.95. The number of benzene rings is 1. The van der Waals surface area contributed by atoms with E-state index >= 15 is 0 Å². The number of carbonyl (C=O) groups is 1. The molecule has 0 saturated carbocycles. The van der Waals surface area contributed by atoms with Gasteiger partial charge in [-0.1, -0.05) is 12.1 Å². The van der Waals surface area contributed by atoms with Crippen molar-refractivity contribution in [1.82, 2.24) is 30.0 Å². The summed E-state index contributed by atoms with van der Waals surface area (Å²) >= 11 is 0. The minimum Gasteiger partial charge on any atom is -0.342 e. The van der Waals surface area contributed by atoms with Crippen molar-refractivity contribution in [3.8, 4) is 11.4 Å². The quantitative estimate of drug-likeness (QED) is 0.757. The number of aryl methyl sites for hydroxylation is 3. The van der Waals surface area contributed by atoms with E-state index in [9.17, 15) is 4.79 Å². The van der Waals surface area contributed by atoms with Crippen LogP contribution in [0.2, 0.25) is 0 Å². The monoisotopic (exact) mass is 376 g/mol. The molecule has 144 valence electrons. The zero-order chi connectivity index (χ0) is 19.7. The second-order valence-corrected chi connectivity index (χ2v) is 7.34. The maximum atomic E-state index is 12.7. The van der Waals surface area contributed by atoms with Crippen molar-refractivity contribution >= 4 is 5.91 Å². The Kier molecular flexibility index (Phi) is 4.90. The van der Waals surface area contributed by atoms with Gasteiger partial charge in [0.2, 0.25) is 0 Å². The molecule has 0 spiro atoms.